The zero-order valence-electron chi connectivity index (χ0n) is 14.5. The average Bonchev–Trinajstić information content (AvgIpc) is 2.59. The normalized spacial score (nSPS) is 11.5. The summed E-state index contributed by atoms with van der Waals surface area (Å²) in [6.45, 7) is 3.43. The molecule has 0 aliphatic carbocycles. The maximum Gasteiger partial charge on any atom is 0.190 e. The molecule has 0 bridgehead atoms. The van der Waals surface area contributed by atoms with Crippen LogP contribution < -0.4 is 10.6 Å². The maximum atomic E-state index is 5.68. The monoisotopic (exact) mass is 337 g/mol. The first-order valence-electron chi connectivity index (χ1n) is 8.42. The van der Waals surface area contributed by atoms with Crippen LogP contribution in [0.1, 0.15) is 24.8 Å². The molecule has 0 unspecified atom stereocenters. The van der Waals surface area contributed by atoms with E-state index >= 15 is 0 Å². The molecule has 0 saturated carbocycles. The van der Waals surface area contributed by atoms with Gasteiger partial charge in [-0.15, -0.1) is 0 Å². The molecule has 0 aliphatic heterocycles. The van der Waals surface area contributed by atoms with Gasteiger partial charge in [-0.05, 0) is 43.3 Å². The standard InChI is InChI=1S/C18H31N3OS/c1-19-18(20-12-6-7-16-23-2)21-13-8-14-22-15-11-17-9-4-3-5-10-17/h3-5,9-10H,6-8,11-16H2,1-2H3,(H2,19,20,21). The minimum Gasteiger partial charge on any atom is -0.381 e. The third kappa shape index (κ3) is 11.0. The number of guanidine groups is 1. The van der Waals surface area contributed by atoms with Crippen LogP contribution in [0.5, 0.6) is 0 Å². The largest absolute Gasteiger partial charge is 0.381 e. The number of ether oxygens (including phenoxy) is 1. The zero-order valence-corrected chi connectivity index (χ0v) is 15.3. The average molecular weight is 338 g/mol. The number of nitrogens with one attached hydrogen (secondary N) is 2. The van der Waals surface area contributed by atoms with Gasteiger partial charge < -0.3 is 15.4 Å². The van der Waals surface area contributed by atoms with Gasteiger partial charge in [0.1, 0.15) is 0 Å². The second kappa shape index (κ2) is 14.4. The molecule has 1 aromatic carbocycles. The topological polar surface area (TPSA) is 45.7 Å². The van der Waals surface area contributed by atoms with Gasteiger partial charge in [-0.25, -0.2) is 0 Å². The number of benzene rings is 1. The fraction of sp³-hybridized carbons (Fsp3) is 0.611. The number of unbranched alkanes of at least 4 members (excludes halogenated alkanes) is 1. The van der Waals surface area contributed by atoms with Gasteiger partial charge >= 0.3 is 0 Å². The Morgan fingerprint density at radius 2 is 1.78 bits per heavy atom. The van der Waals surface area contributed by atoms with Crippen molar-refractivity contribution < 1.29 is 4.74 Å². The number of hydrogen-bond acceptors (Lipinski definition) is 3. The molecular formula is C18H31N3OS. The molecule has 0 radical (unpaired) electrons. The molecule has 0 fully saturated rings. The van der Waals surface area contributed by atoms with Crippen LogP contribution in [0, 0.1) is 0 Å². The molecule has 23 heavy (non-hydrogen) atoms. The van der Waals surface area contributed by atoms with Crippen molar-refractivity contribution in [2.45, 2.75) is 25.7 Å². The Bertz CT molecular complexity index is 412. The predicted molar refractivity (Wildman–Crippen MR) is 103 cm³/mol. The van der Waals surface area contributed by atoms with E-state index in [1.54, 1.807) is 0 Å². The molecule has 5 heteroatoms. The Kier molecular flexibility index (Phi) is 12.4. The summed E-state index contributed by atoms with van der Waals surface area (Å²) in [6, 6.07) is 10.5. The van der Waals surface area contributed by atoms with Gasteiger partial charge in [-0.3, -0.25) is 4.99 Å². The smallest absolute Gasteiger partial charge is 0.190 e. The number of hydrogen-bond donors (Lipinski definition) is 2. The Morgan fingerprint density at radius 3 is 2.48 bits per heavy atom. The molecule has 0 heterocycles. The molecule has 0 spiro atoms. The Morgan fingerprint density at radius 1 is 1.04 bits per heavy atom. The molecule has 0 aliphatic rings. The van der Waals surface area contributed by atoms with Crippen LogP contribution in [0.2, 0.25) is 0 Å². The van der Waals surface area contributed by atoms with E-state index in [2.05, 4.69) is 46.1 Å². The van der Waals surface area contributed by atoms with Crippen LogP contribution in [0.4, 0.5) is 0 Å². The van der Waals surface area contributed by atoms with E-state index in [4.69, 9.17) is 4.74 Å². The van der Waals surface area contributed by atoms with Gasteiger partial charge in [0.15, 0.2) is 5.96 Å². The highest BCUT2D eigenvalue weighted by molar-refractivity contribution is 7.98. The van der Waals surface area contributed by atoms with E-state index in [-0.39, 0.29) is 0 Å². The lowest BCUT2D eigenvalue weighted by atomic mass is 10.2. The molecule has 130 valence electrons. The highest BCUT2D eigenvalue weighted by atomic mass is 32.2. The van der Waals surface area contributed by atoms with Crippen molar-refractivity contribution >= 4 is 17.7 Å². The number of rotatable bonds is 12. The van der Waals surface area contributed by atoms with E-state index < -0.39 is 0 Å². The Hall–Kier alpha value is -1.20. The molecule has 1 rings (SSSR count). The fourth-order valence-electron chi connectivity index (χ4n) is 2.12. The van der Waals surface area contributed by atoms with Gasteiger partial charge in [0, 0.05) is 26.7 Å². The molecule has 0 aromatic heterocycles. The van der Waals surface area contributed by atoms with Crippen molar-refractivity contribution in [3.63, 3.8) is 0 Å². The Labute approximate surface area is 145 Å². The second-order valence-corrected chi connectivity index (χ2v) is 6.31. The molecular weight excluding hydrogens is 306 g/mol. The molecule has 0 saturated heterocycles. The van der Waals surface area contributed by atoms with E-state index in [1.807, 2.05) is 24.9 Å². The molecule has 2 N–H and O–H groups in total. The summed E-state index contributed by atoms with van der Waals surface area (Å²) in [5.41, 5.74) is 1.33. The van der Waals surface area contributed by atoms with Crippen molar-refractivity contribution in [1.82, 2.24) is 10.6 Å². The van der Waals surface area contributed by atoms with E-state index in [0.717, 1.165) is 45.1 Å². The highest BCUT2D eigenvalue weighted by Gasteiger charge is 1.97. The first-order valence-corrected chi connectivity index (χ1v) is 9.81. The van der Waals surface area contributed by atoms with Crippen molar-refractivity contribution in [3.05, 3.63) is 35.9 Å². The summed E-state index contributed by atoms with van der Waals surface area (Å²) in [5.74, 6) is 2.12. The summed E-state index contributed by atoms with van der Waals surface area (Å²) in [6.07, 6.45) is 6.55. The SMILES string of the molecule is CN=C(NCCCCSC)NCCCOCCc1ccccc1. The summed E-state index contributed by atoms with van der Waals surface area (Å²) in [4.78, 5) is 4.23. The highest BCUT2D eigenvalue weighted by Crippen LogP contribution is 1.99. The fourth-order valence-corrected chi connectivity index (χ4v) is 2.61. The molecule has 0 amide bonds. The first kappa shape index (κ1) is 19.8. The minimum absolute atomic E-state index is 0.782. The predicted octanol–water partition coefficient (Wildman–Crippen LogP) is 2.94. The van der Waals surface area contributed by atoms with E-state index in [9.17, 15) is 0 Å². The third-order valence-electron chi connectivity index (χ3n) is 3.43. The first-order chi connectivity index (χ1) is 11.4. The van der Waals surface area contributed by atoms with Crippen LogP contribution in [-0.4, -0.2) is 51.3 Å². The van der Waals surface area contributed by atoms with Crippen molar-refractivity contribution in [2.75, 3.05) is 45.4 Å². The van der Waals surface area contributed by atoms with Crippen molar-refractivity contribution in [2.24, 2.45) is 4.99 Å². The lowest BCUT2D eigenvalue weighted by Crippen LogP contribution is -2.38. The van der Waals surface area contributed by atoms with Crippen LogP contribution >= 0.6 is 11.8 Å². The second-order valence-electron chi connectivity index (χ2n) is 5.33. The summed E-state index contributed by atoms with van der Waals surface area (Å²) in [7, 11) is 1.81. The van der Waals surface area contributed by atoms with Crippen LogP contribution in [0.3, 0.4) is 0 Å². The lowest BCUT2D eigenvalue weighted by Gasteiger charge is -2.11. The number of thioether (sulfide) groups is 1. The van der Waals surface area contributed by atoms with Crippen molar-refractivity contribution in [3.8, 4) is 0 Å². The summed E-state index contributed by atoms with van der Waals surface area (Å²) < 4.78 is 5.68. The number of aliphatic imine (C=N–C) groups is 1. The quantitative estimate of drug-likeness (QED) is 0.350. The molecule has 1 aromatic rings. The van der Waals surface area contributed by atoms with Crippen LogP contribution in [0.15, 0.2) is 35.3 Å². The van der Waals surface area contributed by atoms with E-state index in [0.29, 0.717) is 0 Å². The van der Waals surface area contributed by atoms with Gasteiger partial charge in [-0.1, -0.05) is 30.3 Å². The van der Waals surface area contributed by atoms with Gasteiger partial charge in [0.05, 0.1) is 6.61 Å². The maximum absolute atomic E-state index is 5.68. The van der Waals surface area contributed by atoms with Gasteiger partial charge in [-0.2, -0.15) is 11.8 Å². The lowest BCUT2D eigenvalue weighted by molar-refractivity contribution is 0.135. The minimum atomic E-state index is 0.782. The van der Waals surface area contributed by atoms with Crippen molar-refractivity contribution in [1.29, 1.82) is 0 Å². The summed E-state index contributed by atoms with van der Waals surface area (Å²) >= 11 is 1.90. The third-order valence-corrected chi connectivity index (χ3v) is 4.12. The zero-order chi connectivity index (χ0) is 16.6. The molecule has 0 atom stereocenters. The van der Waals surface area contributed by atoms with Gasteiger partial charge in [0.25, 0.3) is 0 Å². The van der Waals surface area contributed by atoms with E-state index in [1.165, 1.54) is 24.2 Å². The number of nitrogens with zero attached hydrogens (tertiary/aromatic N) is 1. The molecule has 4 nitrogen and oxygen atoms in total. The van der Waals surface area contributed by atoms with Crippen LogP contribution in [0.25, 0.3) is 0 Å². The van der Waals surface area contributed by atoms with Crippen LogP contribution in [-0.2, 0) is 11.2 Å². The Balaban J connectivity index is 1.94. The summed E-state index contributed by atoms with van der Waals surface area (Å²) in [5, 5.41) is 6.66. The van der Waals surface area contributed by atoms with Gasteiger partial charge in [0.2, 0.25) is 0 Å².